The zero-order valence-corrected chi connectivity index (χ0v) is 34.0. The van der Waals surface area contributed by atoms with E-state index in [0.717, 1.165) is 0 Å². The SMILES string of the molecule is [Cl-].[Cl-].[Cl-].[Cl-].[Cl-].[Cl-].[Cl-].[Cs+].[Cs+].[Cs+].[Mg+2].[Mg+2]. The van der Waals surface area contributed by atoms with E-state index in [1.54, 1.807) is 0 Å². The van der Waals surface area contributed by atoms with Gasteiger partial charge in [-0.15, -0.1) is 0 Å². The number of hydrogen-bond acceptors (Lipinski definition) is 0. The van der Waals surface area contributed by atoms with Crippen molar-refractivity contribution in [2.24, 2.45) is 0 Å². The van der Waals surface area contributed by atoms with Gasteiger partial charge in [0.05, 0.1) is 0 Å². The Morgan fingerprint density at radius 3 is 0.250 bits per heavy atom. The summed E-state index contributed by atoms with van der Waals surface area (Å²) >= 11 is 0. The molecule has 0 fully saturated rings. The second-order valence-electron chi connectivity index (χ2n) is 0. The Hall–Kier alpha value is 9.72. The number of hydrogen-bond donors (Lipinski definition) is 0. The Morgan fingerprint density at radius 2 is 0.250 bits per heavy atom. The van der Waals surface area contributed by atoms with Crippen LogP contribution in [-0.2, 0) is 0 Å². The fraction of sp³-hybridized carbons (Fsp3) is 0. The number of halogens is 7. The summed E-state index contributed by atoms with van der Waals surface area (Å²) in [7, 11) is 0. The number of rotatable bonds is 0. The predicted molar refractivity (Wildman–Crippen MR) is 11.5 cm³/mol. The minimum atomic E-state index is 0. The predicted octanol–water partition coefficient (Wildman–Crippen LogP) is -30.7. The molecule has 0 unspecified atom stereocenters. The van der Waals surface area contributed by atoms with Gasteiger partial charge in [0, 0.05) is 0 Å². The van der Waals surface area contributed by atoms with E-state index in [-0.39, 0.29) is 340 Å². The van der Waals surface area contributed by atoms with Crippen LogP contribution in [0.15, 0.2) is 0 Å². The monoisotopic (exact) mass is 691 g/mol. The van der Waals surface area contributed by atoms with Gasteiger partial charge in [0.25, 0.3) is 0 Å². The van der Waals surface area contributed by atoms with Crippen molar-refractivity contribution in [2.75, 3.05) is 0 Å². The zero-order chi connectivity index (χ0) is 0. The molecule has 0 aliphatic heterocycles. The van der Waals surface area contributed by atoms with Crippen LogP contribution in [0.3, 0.4) is 0 Å². The van der Waals surface area contributed by atoms with E-state index in [9.17, 15) is 0 Å². The van der Waals surface area contributed by atoms with Crippen molar-refractivity contribution in [3.8, 4) is 0 Å². The fourth-order valence-corrected chi connectivity index (χ4v) is 0. The van der Waals surface area contributed by atoms with Gasteiger partial charge in [0.1, 0.15) is 0 Å². The molecule has 0 bridgehead atoms. The van der Waals surface area contributed by atoms with Gasteiger partial charge >= 0.3 is 253 Å². The van der Waals surface area contributed by atoms with Gasteiger partial charge in [-0.25, -0.2) is 0 Å². The smallest absolute Gasteiger partial charge is 1.00 e. The van der Waals surface area contributed by atoms with Crippen LogP contribution in [0.1, 0.15) is 0 Å². The van der Waals surface area contributed by atoms with Crippen molar-refractivity contribution in [1.29, 1.82) is 0 Å². The minimum Gasteiger partial charge on any atom is -1.00 e. The summed E-state index contributed by atoms with van der Waals surface area (Å²) in [6, 6.07) is 0. The van der Waals surface area contributed by atoms with Crippen molar-refractivity contribution in [3.05, 3.63) is 0 Å². The Morgan fingerprint density at radius 1 is 0.250 bits per heavy atom. The molecule has 0 aliphatic rings. The van der Waals surface area contributed by atoms with Crippen LogP contribution < -0.4 is 294 Å². The van der Waals surface area contributed by atoms with Crippen LogP contribution in [0.5, 0.6) is 0 Å². The molecule has 12 heteroatoms. The Kier molecular flexibility index (Phi) is 702. The van der Waals surface area contributed by atoms with Gasteiger partial charge in [0.2, 0.25) is 0 Å². The molecule has 0 amide bonds. The first-order valence-electron chi connectivity index (χ1n) is 0. The third kappa shape index (κ3) is 73.2. The average molecular weight is 695 g/mol. The molecule has 0 rings (SSSR count). The summed E-state index contributed by atoms with van der Waals surface area (Å²) in [5.41, 5.74) is 0. The molecule has 56 valence electrons. The summed E-state index contributed by atoms with van der Waals surface area (Å²) in [6.45, 7) is 0. The normalized spacial score (nSPS) is 0. The maximum absolute atomic E-state index is 0. The second-order valence-corrected chi connectivity index (χ2v) is 0. The van der Waals surface area contributed by atoms with Crippen LogP contribution in [0.2, 0.25) is 0 Å². The molecular weight excluding hydrogens is 695 g/mol. The van der Waals surface area contributed by atoms with Gasteiger partial charge in [-0.1, -0.05) is 0 Å². The molecule has 0 saturated heterocycles. The third-order valence-electron chi connectivity index (χ3n) is 0. The molecule has 0 N–H and O–H groups in total. The second kappa shape index (κ2) is 85.3. The van der Waals surface area contributed by atoms with Gasteiger partial charge in [-0.05, 0) is 0 Å². The van der Waals surface area contributed by atoms with E-state index in [1.165, 1.54) is 0 Å². The molecule has 0 heterocycles. The van der Waals surface area contributed by atoms with Crippen LogP contribution in [-0.4, -0.2) is 46.1 Å². The Labute approximate surface area is 327 Å². The molecular formula is Cl7Cs3Mg2. The Balaban J connectivity index is 0. The van der Waals surface area contributed by atoms with Gasteiger partial charge in [0.15, 0.2) is 0 Å². The van der Waals surface area contributed by atoms with Gasteiger partial charge < -0.3 is 86.8 Å². The summed E-state index contributed by atoms with van der Waals surface area (Å²) in [5, 5.41) is 0. The van der Waals surface area contributed by atoms with Crippen molar-refractivity contribution >= 4 is 46.1 Å². The van der Waals surface area contributed by atoms with Gasteiger partial charge in [-0.3, -0.25) is 0 Å². The van der Waals surface area contributed by atoms with E-state index < -0.39 is 0 Å². The summed E-state index contributed by atoms with van der Waals surface area (Å²) < 4.78 is 0. The summed E-state index contributed by atoms with van der Waals surface area (Å²) in [6.07, 6.45) is 0. The van der Waals surface area contributed by atoms with E-state index in [0.29, 0.717) is 0 Å². The standard InChI is InChI=1S/7ClH.3Cs.2Mg/h7*1H;;;;;/q;;;;;;;3*+1;2*+2/p-7. The van der Waals surface area contributed by atoms with Crippen LogP contribution in [0, 0.1) is 0 Å². The molecule has 0 aromatic heterocycles. The van der Waals surface area contributed by atoms with Crippen molar-refractivity contribution in [2.45, 2.75) is 0 Å². The molecule has 12 heavy (non-hydrogen) atoms. The quantitative estimate of drug-likeness (QED) is 0.221. The third-order valence-corrected chi connectivity index (χ3v) is 0. The van der Waals surface area contributed by atoms with Crippen LogP contribution in [0.25, 0.3) is 0 Å². The fourth-order valence-electron chi connectivity index (χ4n) is 0. The molecule has 0 aromatic carbocycles. The summed E-state index contributed by atoms with van der Waals surface area (Å²) in [5.74, 6) is 0. The van der Waals surface area contributed by atoms with Crippen LogP contribution >= 0.6 is 0 Å². The first kappa shape index (κ1) is 98.7. The molecule has 0 saturated carbocycles. The van der Waals surface area contributed by atoms with Crippen molar-refractivity contribution in [1.82, 2.24) is 0 Å². The molecule has 0 nitrogen and oxygen atoms in total. The van der Waals surface area contributed by atoms with Crippen molar-refractivity contribution in [3.63, 3.8) is 0 Å². The molecule has 0 radical (unpaired) electrons. The zero-order valence-electron chi connectivity index (χ0n) is 7.06. The van der Waals surface area contributed by atoms with E-state index in [1.807, 2.05) is 0 Å². The first-order chi connectivity index (χ1) is 0. The van der Waals surface area contributed by atoms with E-state index in [2.05, 4.69) is 0 Å². The molecule has 0 aliphatic carbocycles. The minimum absolute atomic E-state index is 0. The largest absolute Gasteiger partial charge is 2.00 e. The summed E-state index contributed by atoms with van der Waals surface area (Å²) in [4.78, 5) is 0. The maximum atomic E-state index is 0. The Bertz CT molecular complexity index is 16.6. The first-order valence-corrected chi connectivity index (χ1v) is 0. The topological polar surface area (TPSA) is 0 Å². The van der Waals surface area contributed by atoms with Crippen LogP contribution in [0.4, 0.5) is 0 Å². The average Bonchev–Trinajstić information content (AvgIpc) is 0. The van der Waals surface area contributed by atoms with Crippen molar-refractivity contribution < 1.29 is 294 Å². The van der Waals surface area contributed by atoms with E-state index in [4.69, 9.17) is 0 Å². The van der Waals surface area contributed by atoms with Gasteiger partial charge in [-0.2, -0.15) is 0 Å². The molecule has 0 aromatic rings. The van der Waals surface area contributed by atoms with E-state index >= 15 is 0 Å². The molecule has 0 spiro atoms. The maximum Gasteiger partial charge on any atom is 2.00 e. The molecule has 0 atom stereocenters.